The molecule has 3 heteroatoms. The SMILES string of the molecule is Cc1cccc(C(O)CSc2cccc(F)c2)c1. The lowest BCUT2D eigenvalue weighted by Gasteiger charge is -2.11. The van der Waals surface area contributed by atoms with Gasteiger partial charge in [0.25, 0.3) is 0 Å². The summed E-state index contributed by atoms with van der Waals surface area (Å²) in [4.78, 5) is 0.835. The molecule has 0 fully saturated rings. The number of aliphatic hydroxyl groups is 1. The van der Waals surface area contributed by atoms with Crippen LogP contribution in [0.4, 0.5) is 4.39 Å². The Labute approximate surface area is 111 Å². The van der Waals surface area contributed by atoms with Crippen molar-refractivity contribution in [3.8, 4) is 0 Å². The standard InChI is InChI=1S/C15H15FOS/c1-11-4-2-5-12(8-11)15(17)10-18-14-7-3-6-13(16)9-14/h2-9,15,17H,10H2,1H3. The van der Waals surface area contributed by atoms with E-state index in [1.165, 1.54) is 23.9 Å². The van der Waals surface area contributed by atoms with E-state index in [0.29, 0.717) is 5.75 Å². The third-order valence-electron chi connectivity index (χ3n) is 2.63. The Morgan fingerprint density at radius 1 is 1.17 bits per heavy atom. The number of rotatable bonds is 4. The number of hydrogen-bond donors (Lipinski definition) is 1. The molecule has 1 nitrogen and oxygen atoms in total. The van der Waals surface area contributed by atoms with Gasteiger partial charge >= 0.3 is 0 Å². The van der Waals surface area contributed by atoms with Gasteiger partial charge in [0.15, 0.2) is 0 Å². The molecule has 0 bridgehead atoms. The smallest absolute Gasteiger partial charge is 0.124 e. The lowest BCUT2D eigenvalue weighted by Crippen LogP contribution is -2.00. The fourth-order valence-corrected chi connectivity index (χ4v) is 2.62. The number of aryl methyl sites for hydroxylation is 1. The number of benzene rings is 2. The van der Waals surface area contributed by atoms with Crippen LogP contribution in [0.3, 0.4) is 0 Å². The van der Waals surface area contributed by atoms with E-state index in [0.717, 1.165) is 16.0 Å². The predicted octanol–water partition coefficient (Wildman–Crippen LogP) is 3.96. The van der Waals surface area contributed by atoms with Crippen LogP contribution < -0.4 is 0 Å². The van der Waals surface area contributed by atoms with Crippen molar-refractivity contribution in [2.75, 3.05) is 5.75 Å². The minimum absolute atomic E-state index is 0.245. The van der Waals surface area contributed by atoms with Crippen LogP contribution in [-0.2, 0) is 0 Å². The highest BCUT2D eigenvalue weighted by molar-refractivity contribution is 7.99. The molecule has 18 heavy (non-hydrogen) atoms. The molecule has 1 unspecified atom stereocenters. The summed E-state index contributed by atoms with van der Waals surface area (Å²) in [5, 5.41) is 10.1. The molecule has 0 aliphatic carbocycles. The van der Waals surface area contributed by atoms with Crippen LogP contribution in [0, 0.1) is 12.7 Å². The van der Waals surface area contributed by atoms with Crippen molar-refractivity contribution in [1.29, 1.82) is 0 Å². The summed E-state index contributed by atoms with van der Waals surface area (Å²) in [7, 11) is 0. The Morgan fingerprint density at radius 2 is 1.94 bits per heavy atom. The number of halogens is 1. The molecule has 0 spiro atoms. The fourth-order valence-electron chi connectivity index (χ4n) is 1.71. The molecule has 0 saturated carbocycles. The summed E-state index contributed by atoms with van der Waals surface area (Å²) in [6, 6.07) is 14.2. The maximum absolute atomic E-state index is 13.0. The largest absolute Gasteiger partial charge is 0.388 e. The van der Waals surface area contributed by atoms with Crippen molar-refractivity contribution >= 4 is 11.8 Å². The van der Waals surface area contributed by atoms with Crippen LogP contribution in [-0.4, -0.2) is 10.9 Å². The maximum Gasteiger partial charge on any atom is 0.124 e. The Morgan fingerprint density at radius 3 is 2.67 bits per heavy atom. The van der Waals surface area contributed by atoms with Gasteiger partial charge in [0.05, 0.1) is 6.10 Å². The molecule has 2 aromatic rings. The van der Waals surface area contributed by atoms with E-state index in [-0.39, 0.29) is 5.82 Å². The van der Waals surface area contributed by atoms with Crippen molar-refractivity contribution < 1.29 is 9.50 Å². The van der Waals surface area contributed by atoms with Gasteiger partial charge in [0.2, 0.25) is 0 Å². The Balaban J connectivity index is 1.98. The Bertz CT molecular complexity index is 527. The van der Waals surface area contributed by atoms with Gasteiger partial charge in [-0.15, -0.1) is 11.8 Å². The first-order valence-electron chi connectivity index (χ1n) is 5.78. The van der Waals surface area contributed by atoms with Gasteiger partial charge in [-0.2, -0.15) is 0 Å². The predicted molar refractivity (Wildman–Crippen MR) is 73.3 cm³/mol. The highest BCUT2D eigenvalue weighted by Crippen LogP contribution is 2.25. The molecule has 1 atom stereocenters. The lowest BCUT2D eigenvalue weighted by atomic mass is 10.1. The van der Waals surface area contributed by atoms with Gasteiger partial charge < -0.3 is 5.11 Å². The molecular weight excluding hydrogens is 247 g/mol. The number of aliphatic hydroxyl groups excluding tert-OH is 1. The highest BCUT2D eigenvalue weighted by atomic mass is 32.2. The van der Waals surface area contributed by atoms with Crippen LogP contribution in [0.5, 0.6) is 0 Å². The molecule has 0 aliphatic rings. The second-order valence-corrected chi connectivity index (χ2v) is 5.29. The summed E-state index contributed by atoms with van der Waals surface area (Å²) in [6.45, 7) is 2.00. The average molecular weight is 262 g/mol. The van der Waals surface area contributed by atoms with E-state index in [1.807, 2.05) is 37.3 Å². The summed E-state index contributed by atoms with van der Waals surface area (Å²) < 4.78 is 13.0. The van der Waals surface area contributed by atoms with Crippen LogP contribution in [0.15, 0.2) is 53.4 Å². The van der Waals surface area contributed by atoms with Crippen molar-refractivity contribution in [2.24, 2.45) is 0 Å². The van der Waals surface area contributed by atoms with Crippen LogP contribution in [0.1, 0.15) is 17.2 Å². The van der Waals surface area contributed by atoms with Gasteiger partial charge in [-0.1, -0.05) is 35.9 Å². The summed E-state index contributed by atoms with van der Waals surface area (Å²) >= 11 is 1.45. The molecule has 0 radical (unpaired) electrons. The van der Waals surface area contributed by atoms with Crippen molar-refractivity contribution in [3.05, 3.63) is 65.5 Å². The van der Waals surface area contributed by atoms with E-state index < -0.39 is 6.10 Å². The molecule has 1 N–H and O–H groups in total. The first-order chi connectivity index (χ1) is 8.65. The zero-order valence-corrected chi connectivity index (χ0v) is 11.0. The number of hydrogen-bond acceptors (Lipinski definition) is 2. The monoisotopic (exact) mass is 262 g/mol. The van der Waals surface area contributed by atoms with Gasteiger partial charge in [0.1, 0.15) is 5.82 Å². The quantitative estimate of drug-likeness (QED) is 0.842. The molecule has 2 rings (SSSR count). The minimum Gasteiger partial charge on any atom is -0.388 e. The second kappa shape index (κ2) is 6.03. The maximum atomic E-state index is 13.0. The van der Waals surface area contributed by atoms with Gasteiger partial charge in [-0.05, 0) is 30.7 Å². The molecule has 94 valence electrons. The lowest BCUT2D eigenvalue weighted by molar-refractivity contribution is 0.204. The topological polar surface area (TPSA) is 20.2 Å². The summed E-state index contributed by atoms with van der Waals surface area (Å²) in [5.74, 6) is 0.275. The van der Waals surface area contributed by atoms with Crippen LogP contribution in [0.2, 0.25) is 0 Å². The molecule has 0 saturated heterocycles. The molecule has 0 aromatic heterocycles. The van der Waals surface area contributed by atoms with Gasteiger partial charge in [-0.25, -0.2) is 4.39 Å². The van der Waals surface area contributed by atoms with E-state index in [9.17, 15) is 9.50 Å². The van der Waals surface area contributed by atoms with Crippen LogP contribution >= 0.6 is 11.8 Å². The van der Waals surface area contributed by atoms with E-state index in [2.05, 4.69) is 0 Å². The van der Waals surface area contributed by atoms with Crippen molar-refractivity contribution in [1.82, 2.24) is 0 Å². The molecular formula is C15H15FOS. The average Bonchev–Trinajstić information content (AvgIpc) is 2.36. The highest BCUT2D eigenvalue weighted by Gasteiger charge is 2.08. The van der Waals surface area contributed by atoms with Gasteiger partial charge in [0, 0.05) is 10.6 Å². The van der Waals surface area contributed by atoms with Crippen LogP contribution in [0.25, 0.3) is 0 Å². The normalized spacial score (nSPS) is 12.4. The van der Waals surface area contributed by atoms with E-state index >= 15 is 0 Å². The van der Waals surface area contributed by atoms with Crippen molar-refractivity contribution in [2.45, 2.75) is 17.9 Å². The third kappa shape index (κ3) is 3.59. The number of thioether (sulfide) groups is 1. The minimum atomic E-state index is -0.529. The first-order valence-corrected chi connectivity index (χ1v) is 6.77. The Kier molecular flexibility index (Phi) is 4.39. The fraction of sp³-hybridized carbons (Fsp3) is 0.200. The zero-order valence-electron chi connectivity index (χ0n) is 10.1. The van der Waals surface area contributed by atoms with E-state index in [1.54, 1.807) is 6.07 Å². The third-order valence-corrected chi connectivity index (χ3v) is 3.70. The van der Waals surface area contributed by atoms with Crippen molar-refractivity contribution in [3.63, 3.8) is 0 Å². The Hall–Kier alpha value is -1.32. The molecule has 0 heterocycles. The zero-order chi connectivity index (χ0) is 13.0. The summed E-state index contributed by atoms with van der Waals surface area (Å²) in [5.41, 5.74) is 2.03. The molecule has 2 aromatic carbocycles. The molecule has 0 aliphatic heterocycles. The first kappa shape index (κ1) is 13.1. The molecule has 0 amide bonds. The second-order valence-electron chi connectivity index (χ2n) is 4.20. The summed E-state index contributed by atoms with van der Waals surface area (Å²) in [6.07, 6.45) is -0.529. The van der Waals surface area contributed by atoms with Gasteiger partial charge in [-0.3, -0.25) is 0 Å². The van der Waals surface area contributed by atoms with E-state index in [4.69, 9.17) is 0 Å².